The molecule has 1 atom stereocenters. The van der Waals surface area contributed by atoms with E-state index in [2.05, 4.69) is 20.8 Å². The van der Waals surface area contributed by atoms with E-state index in [1.54, 1.807) is 4.90 Å². The minimum atomic E-state index is -0.361. The Balaban J connectivity index is 1.43. The highest BCUT2D eigenvalue weighted by atomic mass is 16.5. The van der Waals surface area contributed by atoms with Crippen LogP contribution in [0.2, 0.25) is 0 Å². The van der Waals surface area contributed by atoms with Gasteiger partial charge >= 0.3 is 6.03 Å². The van der Waals surface area contributed by atoms with Gasteiger partial charge in [-0.3, -0.25) is 4.79 Å². The number of carbonyl (C=O) groups is 2. The molecule has 1 aromatic heterocycles. The maximum Gasteiger partial charge on any atom is 0.318 e. The van der Waals surface area contributed by atoms with Gasteiger partial charge in [-0.05, 0) is 19.8 Å². The summed E-state index contributed by atoms with van der Waals surface area (Å²) in [6, 6.07) is -0.484. The van der Waals surface area contributed by atoms with Crippen molar-refractivity contribution in [1.82, 2.24) is 25.7 Å². The summed E-state index contributed by atoms with van der Waals surface area (Å²) < 4.78 is 5.25. The van der Waals surface area contributed by atoms with E-state index in [0.717, 1.165) is 19.3 Å². The Labute approximate surface area is 147 Å². The Bertz CT molecular complexity index is 641. The van der Waals surface area contributed by atoms with Crippen molar-refractivity contribution in [2.75, 3.05) is 13.1 Å². The van der Waals surface area contributed by atoms with Gasteiger partial charge in [0.25, 0.3) is 0 Å². The number of nitrogens with one attached hydrogen (secondary N) is 2. The minimum absolute atomic E-state index is 0.0602. The van der Waals surface area contributed by atoms with Crippen molar-refractivity contribution in [3.63, 3.8) is 0 Å². The highest BCUT2D eigenvalue weighted by Crippen LogP contribution is 2.27. The first kappa shape index (κ1) is 17.7. The molecule has 8 heteroatoms. The molecule has 2 N–H and O–H groups in total. The average Bonchev–Trinajstić information content (AvgIpc) is 2.89. The molecule has 8 nitrogen and oxygen atoms in total. The van der Waals surface area contributed by atoms with Gasteiger partial charge in [0.05, 0.1) is 6.04 Å². The first-order valence-corrected chi connectivity index (χ1v) is 8.94. The summed E-state index contributed by atoms with van der Waals surface area (Å²) in [7, 11) is 0. The monoisotopic (exact) mass is 349 g/mol. The first-order chi connectivity index (χ1) is 11.7. The number of rotatable bonds is 4. The number of amides is 3. The number of likely N-dealkylation sites (tertiary alicyclic amines) is 1. The lowest BCUT2D eigenvalue weighted by molar-refractivity contribution is -0.129. The van der Waals surface area contributed by atoms with Crippen molar-refractivity contribution in [3.05, 3.63) is 11.7 Å². The molecule has 1 aromatic rings. The molecule has 138 valence electrons. The molecule has 3 rings (SSSR count). The third kappa shape index (κ3) is 3.93. The maximum absolute atomic E-state index is 12.3. The minimum Gasteiger partial charge on any atom is -0.350 e. The molecule has 1 saturated heterocycles. The summed E-state index contributed by atoms with van der Waals surface area (Å²) in [6.45, 7) is 8.89. The second-order valence-electron chi connectivity index (χ2n) is 8.12. The van der Waals surface area contributed by atoms with E-state index in [9.17, 15) is 9.59 Å². The van der Waals surface area contributed by atoms with E-state index in [4.69, 9.17) is 4.52 Å². The zero-order valence-corrected chi connectivity index (χ0v) is 15.3. The van der Waals surface area contributed by atoms with Crippen LogP contribution in [-0.2, 0) is 10.2 Å². The van der Waals surface area contributed by atoms with Crippen LogP contribution in [0.3, 0.4) is 0 Å². The molecular weight excluding hydrogens is 322 g/mol. The van der Waals surface area contributed by atoms with Gasteiger partial charge in [0.2, 0.25) is 11.8 Å². The van der Waals surface area contributed by atoms with Crippen LogP contribution in [0.25, 0.3) is 0 Å². The van der Waals surface area contributed by atoms with E-state index >= 15 is 0 Å². The normalized spacial score (nSPS) is 19.8. The Kier molecular flexibility index (Phi) is 4.71. The van der Waals surface area contributed by atoms with Gasteiger partial charge in [-0.25, -0.2) is 4.79 Å². The molecule has 0 bridgehead atoms. The van der Waals surface area contributed by atoms with Crippen molar-refractivity contribution in [2.24, 2.45) is 5.92 Å². The number of urea groups is 1. The van der Waals surface area contributed by atoms with Crippen molar-refractivity contribution in [2.45, 2.75) is 64.5 Å². The molecule has 3 amide bonds. The lowest BCUT2D eigenvalue weighted by atomic mass is 9.84. The number of carbonyl (C=O) groups excluding carboxylic acids is 2. The molecule has 25 heavy (non-hydrogen) atoms. The topological polar surface area (TPSA) is 100 Å². The van der Waals surface area contributed by atoms with Gasteiger partial charge in [0, 0.05) is 24.4 Å². The van der Waals surface area contributed by atoms with Crippen LogP contribution in [-0.4, -0.2) is 46.1 Å². The molecule has 1 aliphatic heterocycles. The fourth-order valence-electron chi connectivity index (χ4n) is 2.78. The molecule has 1 saturated carbocycles. The second kappa shape index (κ2) is 6.65. The number of hydrogen-bond donors (Lipinski definition) is 2. The van der Waals surface area contributed by atoms with E-state index in [1.807, 2.05) is 27.7 Å². The smallest absolute Gasteiger partial charge is 0.318 e. The van der Waals surface area contributed by atoms with Gasteiger partial charge in [-0.1, -0.05) is 32.3 Å². The van der Waals surface area contributed by atoms with Gasteiger partial charge in [-0.15, -0.1) is 0 Å². The van der Waals surface area contributed by atoms with Crippen LogP contribution in [0.4, 0.5) is 4.79 Å². The van der Waals surface area contributed by atoms with Gasteiger partial charge in [0.15, 0.2) is 5.82 Å². The summed E-state index contributed by atoms with van der Waals surface area (Å²) >= 11 is 0. The Hall–Kier alpha value is -2.12. The lowest BCUT2D eigenvalue weighted by Crippen LogP contribution is -2.63. The molecule has 2 aliphatic rings. The van der Waals surface area contributed by atoms with Gasteiger partial charge in [0.1, 0.15) is 6.04 Å². The van der Waals surface area contributed by atoms with E-state index < -0.39 is 0 Å². The zero-order chi connectivity index (χ0) is 18.2. The van der Waals surface area contributed by atoms with E-state index in [-0.39, 0.29) is 35.4 Å². The molecule has 0 radical (unpaired) electrons. The Morgan fingerprint density at radius 2 is 1.96 bits per heavy atom. The third-order valence-electron chi connectivity index (χ3n) is 4.81. The van der Waals surface area contributed by atoms with E-state index in [0.29, 0.717) is 24.8 Å². The van der Waals surface area contributed by atoms with Crippen LogP contribution in [0.5, 0.6) is 0 Å². The van der Waals surface area contributed by atoms with Gasteiger partial charge in [-0.2, -0.15) is 4.98 Å². The summed E-state index contributed by atoms with van der Waals surface area (Å²) in [5.74, 6) is 1.32. The van der Waals surface area contributed by atoms with Crippen molar-refractivity contribution >= 4 is 11.9 Å². The predicted octanol–water partition coefficient (Wildman–Crippen LogP) is 1.74. The lowest BCUT2D eigenvalue weighted by Gasteiger charge is -2.40. The quantitative estimate of drug-likeness (QED) is 0.862. The van der Waals surface area contributed by atoms with Crippen molar-refractivity contribution in [3.8, 4) is 0 Å². The molecule has 1 unspecified atom stereocenters. The van der Waals surface area contributed by atoms with Crippen LogP contribution in [0.1, 0.15) is 64.7 Å². The maximum atomic E-state index is 12.3. The highest BCUT2D eigenvalue weighted by Gasteiger charge is 2.35. The summed E-state index contributed by atoms with van der Waals surface area (Å²) in [5.41, 5.74) is -0.200. The number of aromatic nitrogens is 2. The zero-order valence-electron chi connectivity index (χ0n) is 15.3. The fraction of sp³-hybridized carbons (Fsp3) is 0.765. The van der Waals surface area contributed by atoms with Crippen LogP contribution < -0.4 is 10.6 Å². The van der Waals surface area contributed by atoms with Gasteiger partial charge < -0.3 is 20.1 Å². The summed E-state index contributed by atoms with van der Waals surface area (Å²) in [6.07, 6.45) is 3.11. The largest absolute Gasteiger partial charge is 0.350 e. The molecule has 1 aliphatic carbocycles. The average molecular weight is 349 g/mol. The first-order valence-electron chi connectivity index (χ1n) is 8.94. The summed E-state index contributed by atoms with van der Waals surface area (Å²) in [4.78, 5) is 30.2. The summed E-state index contributed by atoms with van der Waals surface area (Å²) in [5, 5.41) is 9.84. The molecular formula is C17H27N5O3. The van der Waals surface area contributed by atoms with Crippen molar-refractivity contribution in [1.29, 1.82) is 0 Å². The SMILES string of the molecule is CC(NC(=O)N1CC(NC(=O)C2CCC2)C1)c1nc(C(C)(C)C)no1. The molecule has 2 fully saturated rings. The number of nitrogens with zero attached hydrogens (tertiary/aromatic N) is 3. The standard InChI is InChI=1S/C17H27N5O3/c1-10(14-20-15(21-25-14)17(2,3)4)18-16(24)22-8-12(9-22)19-13(23)11-6-5-7-11/h10-12H,5-9H2,1-4H3,(H,18,24)(H,19,23). The van der Waals surface area contributed by atoms with Crippen molar-refractivity contribution < 1.29 is 14.1 Å². The Morgan fingerprint density at radius 3 is 2.48 bits per heavy atom. The molecule has 0 aromatic carbocycles. The fourth-order valence-corrected chi connectivity index (χ4v) is 2.78. The predicted molar refractivity (Wildman–Crippen MR) is 90.8 cm³/mol. The number of hydrogen-bond acceptors (Lipinski definition) is 5. The van der Waals surface area contributed by atoms with Crippen LogP contribution in [0, 0.1) is 5.92 Å². The highest BCUT2D eigenvalue weighted by molar-refractivity contribution is 5.80. The Morgan fingerprint density at radius 1 is 1.28 bits per heavy atom. The molecule has 0 spiro atoms. The van der Waals surface area contributed by atoms with Crippen LogP contribution >= 0.6 is 0 Å². The van der Waals surface area contributed by atoms with Crippen LogP contribution in [0.15, 0.2) is 4.52 Å². The van der Waals surface area contributed by atoms with E-state index in [1.165, 1.54) is 0 Å². The molecule has 2 heterocycles. The second-order valence-corrected chi connectivity index (χ2v) is 8.12. The third-order valence-corrected chi connectivity index (χ3v) is 4.81.